The second-order valence-corrected chi connectivity index (χ2v) is 8.28. The van der Waals surface area contributed by atoms with Crippen LogP contribution < -0.4 is 5.32 Å². The van der Waals surface area contributed by atoms with Crippen molar-refractivity contribution < 1.29 is 8.42 Å². The summed E-state index contributed by atoms with van der Waals surface area (Å²) in [5, 5.41) is 3.56. The maximum absolute atomic E-state index is 12.8. The first-order chi connectivity index (χ1) is 10.0. The van der Waals surface area contributed by atoms with Gasteiger partial charge in [-0.25, -0.2) is 8.42 Å². The Morgan fingerprint density at radius 3 is 2.24 bits per heavy atom. The van der Waals surface area contributed by atoms with Gasteiger partial charge in [-0.3, -0.25) is 0 Å². The zero-order valence-electron chi connectivity index (χ0n) is 12.7. The molecule has 0 amide bonds. The van der Waals surface area contributed by atoms with E-state index in [2.05, 4.69) is 12.2 Å². The number of nitrogens with zero attached hydrogens (tertiary/aromatic N) is 1. The van der Waals surface area contributed by atoms with Gasteiger partial charge in [-0.15, -0.1) is 0 Å². The molecule has 0 aliphatic carbocycles. The number of hydrogen-bond donors (Lipinski definition) is 1. The highest BCUT2D eigenvalue weighted by Crippen LogP contribution is 2.31. The molecule has 4 nitrogen and oxygen atoms in total. The van der Waals surface area contributed by atoms with Crippen LogP contribution in [0.3, 0.4) is 0 Å². The van der Waals surface area contributed by atoms with Crippen LogP contribution in [0.4, 0.5) is 0 Å². The van der Waals surface area contributed by atoms with E-state index in [1.807, 2.05) is 12.1 Å². The van der Waals surface area contributed by atoms with Gasteiger partial charge < -0.3 is 5.32 Å². The molecule has 5 heteroatoms. The fourth-order valence-electron chi connectivity index (χ4n) is 3.58. The molecular formula is C16H24N2O2S. The third-order valence-electron chi connectivity index (χ3n) is 4.97. The summed E-state index contributed by atoms with van der Waals surface area (Å²) in [4.78, 5) is 0.410. The van der Waals surface area contributed by atoms with Crippen LogP contribution in [-0.2, 0) is 16.4 Å². The molecule has 2 atom stereocenters. The Balaban J connectivity index is 1.80. The molecule has 1 N–H and O–H groups in total. The highest BCUT2D eigenvalue weighted by molar-refractivity contribution is 7.89. The van der Waals surface area contributed by atoms with Gasteiger partial charge in [0.1, 0.15) is 0 Å². The van der Waals surface area contributed by atoms with Crippen LogP contribution in [-0.4, -0.2) is 37.9 Å². The second-order valence-electron chi connectivity index (χ2n) is 6.28. The van der Waals surface area contributed by atoms with Crippen molar-refractivity contribution in [3.8, 4) is 0 Å². The molecule has 2 aliphatic rings. The normalized spacial score (nSPS) is 29.0. The third-order valence-corrected chi connectivity index (χ3v) is 6.90. The SMILES string of the molecule is CCc1ccc(S(=O)(=O)N(C)C2CC3CCC(C2)N3)cc1. The average molecular weight is 308 g/mol. The molecule has 0 saturated carbocycles. The van der Waals surface area contributed by atoms with Crippen LogP contribution in [0.5, 0.6) is 0 Å². The highest BCUT2D eigenvalue weighted by atomic mass is 32.2. The van der Waals surface area contributed by atoms with Gasteiger partial charge in [0.2, 0.25) is 10.0 Å². The first-order valence-electron chi connectivity index (χ1n) is 7.83. The van der Waals surface area contributed by atoms with Crippen molar-refractivity contribution in [3.05, 3.63) is 29.8 Å². The van der Waals surface area contributed by atoms with E-state index < -0.39 is 10.0 Å². The van der Waals surface area contributed by atoms with Crippen LogP contribution in [0, 0.1) is 0 Å². The molecule has 2 unspecified atom stereocenters. The van der Waals surface area contributed by atoms with E-state index in [1.165, 1.54) is 12.8 Å². The minimum atomic E-state index is -3.38. The molecular weight excluding hydrogens is 284 g/mol. The number of benzene rings is 1. The quantitative estimate of drug-likeness (QED) is 0.927. The zero-order valence-corrected chi connectivity index (χ0v) is 13.6. The number of sulfonamides is 1. The summed E-state index contributed by atoms with van der Waals surface area (Å²) in [5.74, 6) is 0. The third kappa shape index (κ3) is 2.87. The summed E-state index contributed by atoms with van der Waals surface area (Å²) in [7, 11) is -1.64. The van der Waals surface area contributed by atoms with E-state index in [4.69, 9.17) is 0 Å². The van der Waals surface area contributed by atoms with E-state index in [-0.39, 0.29) is 6.04 Å². The Kier molecular flexibility index (Phi) is 4.08. The maximum atomic E-state index is 12.8. The number of fused-ring (bicyclic) bond motifs is 2. The van der Waals surface area contributed by atoms with E-state index in [9.17, 15) is 8.42 Å². The van der Waals surface area contributed by atoms with Crippen LogP contribution in [0.1, 0.15) is 38.2 Å². The van der Waals surface area contributed by atoms with Gasteiger partial charge in [0.15, 0.2) is 0 Å². The van der Waals surface area contributed by atoms with Crippen molar-refractivity contribution in [3.63, 3.8) is 0 Å². The molecule has 21 heavy (non-hydrogen) atoms. The summed E-state index contributed by atoms with van der Waals surface area (Å²) in [6.07, 6.45) is 5.15. The smallest absolute Gasteiger partial charge is 0.243 e. The van der Waals surface area contributed by atoms with Crippen LogP contribution in [0.15, 0.2) is 29.2 Å². The van der Waals surface area contributed by atoms with Crippen molar-refractivity contribution in [1.82, 2.24) is 9.62 Å². The molecule has 2 aliphatic heterocycles. The first kappa shape index (κ1) is 15.0. The summed E-state index contributed by atoms with van der Waals surface area (Å²) in [5.41, 5.74) is 1.16. The summed E-state index contributed by atoms with van der Waals surface area (Å²) >= 11 is 0. The molecule has 1 aromatic carbocycles. The molecule has 2 heterocycles. The molecule has 0 spiro atoms. The molecule has 1 aromatic rings. The predicted octanol–water partition coefficient (Wildman–Crippen LogP) is 2.15. The lowest BCUT2D eigenvalue weighted by Gasteiger charge is -2.34. The van der Waals surface area contributed by atoms with Crippen LogP contribution in [0.25, 0.3) is 0 Å². The number of piperidine rings is 1. The van der Waals surface area contributed by atoms with E-state index in [1.54, 1.807) is 23.5 Å². The fraction of sp³-hybridized carbons (Fsp3) is 0.625. The summed E-state index contributed by atoms with van der Waals surface area (Å²) < 4.78 is 27.1. The number of nitrogens with one attached hydrogen (secondary N) is 1. The lowest BCUT2D eigenvalue weighted by Crippen LogP contribution is -2.48. The molecule has 116 valence electrons. The highest BCUT2D eigenvalue weighted by Gasteiger charge is 2.38. The molecule has 3 rings (SSSR count). The van der Waals surface area contributed by atoms with Gasteiger partial charge >= 0.3 is 0 Å². The van der Waals surface area contributed by atoms with Crippen molar-refractivity contribution in [2.24, 2.45) is 0 Å². The molecule has 0 radical (unpaired) electrons. The molecule has 0 aromatic heterocycles. The molecule has 2 bridgehead atoms. The monoisotopic (exact) mass is 308 g/mol. The van der Waals surface area contributed by atoms with Crippen molar-refractivity contribution in [2.45, 2.75) is 62.0 Å². The Morgan fingerprint density at radius 2 is 1.71 bits per heavy atom. The summed E-state index contributed by atoms with van der Waals surface area (Å²) in [6, 6.07) is 8.41. The fourth-order valence-corrected chi connectivity index (χ4v) is 4.96. The van der Waals surface area contributed by atoms with Gasteiger partial charge in [0.05, 0.1) is 4.90 Å². The van der Waals surface area contributed by atoms with E-state index >= 15 is 0 Å². The zero-order chi connectivity index (χ0) is 15.0. The molecule has 2 saturated heterocycles. The van der Waals surface area contributed by atoms with Crippen LogP contribution >= 0.6 is 0 Å². The molecule has 2 fully saturated rings. The Bertz CT molecular complexity index is 585. The van der Waals surface area contributed by atoms with Crippen molar-refractivity contribution in [2.75, 3.05) is 7.05 Å². The van der Waals surface area contributed by atoms with Gasteiger partial charge in [-0.05, 0) is 49.8 Å². The first-order valence-corrected chi connectivity index (χ1v) is 9.27. The lowest BCUT2D eigenvalue weighted by atomic mass is 10.0. The van der Waals surface area contributed by atoms with Crippen molar-refractivity contribution in [1.29, 1.82) is 0 Å². The second kappa shape index (κ2) is 5.71. The number of hydrogen-bond acceptors (Lipinski definition) is 3. The Morgan fingerprint density at radius 1 is 1.14 bits per heavy atom. The maximum Gasteiger partial charge on any atom is 0.243 e. The van der Waals surface area contributed by atoms with E-state index in [0.29, 0.717) is 17.0 Å². The Labute approximate surface area is 127 Å². The van der Waals surface area contributed by atoms with Gasteiger partial charge in [-0.1, -0.05) is 19.1 Å². The minimum Gasteiger partial charge on any atom is -0.311 e. The lowest BCUT2D eigenvalue weighted by molar-refractivity contribution is 0.251. The van der Waals surface area contributed by atoms with Gasteiger partial charge in [0, 0.05) is 25.2 Å². The summed E-state index contributed by atoms with van der Waals surface area (Å²) in [6.45, 7) is 2.07. The largest absolute Gasteiger partial charge is 0.311 e. The van der Waals surface area contributed by atoms with Gasteiger partial charge in [0.25, 0.3) is 0 Å². The standard InChI is InChI=1S/C16H24N2O2S/c1-3-12-4-8-16(9-5-12)21(19,20)18(2)15-10-13-6-7-14(11-15)17-13/h4-5,8-9,13-15,17H,3,6-7,10-11H2,1-2H3. The number of rotatable bonds is 4. The van der Waals surface area contributed by atoms with Crippen LogP contribution in [0.2, 0.25) is 0 Å². The van der Waals surface area contributed by atoms with E-state index in [0.717, 1.165) is 24.8 Å². The predicted molar refractivity (Wildman–Crippen MR) is 83.7 cm³/mol. The van der Waals surface area contributed by atoms with Crippen molar-refractivity contribution >= 4 is 10.0 Å². The Hall–Kier alpha value is -0.910. The number of aryl methyl sites for hydroxylation is 1. The minimum absolute atomic E-state index is 0.125. The average Bonchev–Trinajstić information content (AvgIpc) is 2.84. The van der Waals surface area contributed by atoms with Gasteiger partial charge in [-0.2, -0.15) is 4.31 Å². The topological polar surface area (TPSA) is 49.4 Å².